The van der Waals surface area contributed by atoms with Gasteiger partial charge in [0.2, 0.25) is 5.54 Å². The van der Waals surface area contributed by atoms with Gasteiger partial charge in [-0.05, 0) is 6.42 Å². The summed E-state index contributed by atoms with van der Waals surface area (Å²) in [7, 11) is 0. The van der Waals surface area contributed by atoms with Crippen LogP contribution in [0.5, 0.6) is 0 Å². The zero-order valence-corrected chi connectivity index (χ0v) is 9.96. The molecule has 1 N–H and O–H groups in total. The summed E-state index contributed by atoms with van der Waals surface area (Å²) in [4.78, 5) is 21.2. The average molecular weight is 253 g/mol. The van der Waals surface area contributed by atoms with Crippen molar-refractivity contribution in [2.45, 2.75) is 50.5 Å². The second-order valence-electron chi connectivity index (χ2n) is 4.04. The molecule has 0 rings (SSSR count). The first-order chi connectivity index (χ1) is 8.48. The van der Waals surface area contributed by atoms with Crippen LogP contribution in [-0.2, 0) is 4.79 Å². The third-order valence-electron chi connectivity index (χ3n) is 2.82. The zero-order chi connectivity index (χ0) is 14.0. The van der Waals surface area contributed by atoms with Crippen LogP contribution >= 0.6 is 0 Å². The molecule has 0 saturated heterocycles. The molecule has 1 unspecified atom stereocenters. The number of carbonyl (C=O) groups is 1. The molecule has 0 aromatic heterocycles. The third-order valence-corrected chi connectivity index (χ3v) is 2.82. The van der Waals surface area contributed by atoms with Gasteiger partial charge in [-0.15, -0.1) is 0 Å². The molecule has 0 aromatic carbocycles. The Morgan fingerprint density at radius 3 is 2.28 bits per heavy atom. The number of nitriles is 2. The summed E-state index contributed by atoms with van der Waals surface area (Å²) in [6.45, 7) is 0. The minimum Gasteiger partial charge on any atom is -0.481 e. The number of rotatable bonds is 9. The van der Waals surface area contributed by atoms with E-state index in [2.05, 4.69) is 0 Å². The van der Waals surface area contributed by atoms with E-state index in [0.717, 1.165) is 0 Å². The van der Waals surface area contributed by atoms with Crippen molar-refractivity contribution in [2.24, 2.45) is 0 Å². The van der Waals surface area contributed by atoms with Gasteiger partial charge < -0.3 is 5.11 Å². The lowest BCUT2D eigenvalue weighted by atomic mass is 9.84. The quantitative estimate of drug-likeness (QED) is 0.379. The van der Waals surface area contributed by atoms with Crippen molar-refractivity contribution < 1.29 is 14.8 Å². The molecule has 0 heterocycles. The van der Waals surface area contributed by atoms with Crippen LogP contribution in [-0.4, -0.2) is 21.5 Å². The first kappa shape index (κ1) is 15.9. The molecule has 7 nitrogen and oxygen atoms in total. The van der Waals surface area contributed by atoms with E-state index in [1.165, 1.54) is 0 Å². The standard InChI is InChI=1S/C11H15N3O4/c12-8-2-1-5-11(14(17)18,6-3-9-13)7-4-10(15)16/h1-7H2,(H,15,16). The fourth-order valence-corrected chi connectivity index (χ4v) is 1.77. The summed E-state index contributed by atoms with van der Waals surface area (Å²) in [5.74, 6) is -1.10. The number of nitro groups is 1. The summed E-state index contributed by atoms with van der Waals surface area (Å²) < 4.78 is 0. The Morgan fingerprint density at radius 2 is 1.83 bits per heavy atom. The maximum atomic E-state index is 11.2. The van der Waals surface area contributed by atoms with Gasteiger partial charge in [0.1, 0.15) is 0 Å². The van der Waals surface area contributed by atoms with Gasteiger partial charge in [0.05, 0.1) is 18.6 Å². The van der Waals surface area contributed by atoms with E-state index in [1.807, 2.05) is 12.1 Å². The van der Waals surface area contributed by atoms with Gasteiger partial charge in [-0.1, -0.05) is 0 Å². The molecule has 7 heteroatoms. The lowest BCUT2D eigenvalue weighted by molar-refractivity contribution is -0.573. The predicted molar refractivity (Wildman–Crippen MR) is 60.9 cm³/mol. The van der Waals surface area contributed by atoms with Crippen molar-refractivity contribution in [3.05, 3.63) is 10.1 Å². The Labute approximate surface area is 105 Å². The van der Waals surface area contributed by atoms with Crippen LogP contribution in [0.15, 0.2) is 0 Å². The number of unbranched alkanes of at least 4 members (excludes halogenated alkanes) is 1. The van der Waals surface area contributed by atoms with Crippen LogP contribution in [0.4, 0.5) is 0 Å². The molecule has 0 aliphatic heterocycles. The molecule has 0 bridgehead atoms. The summed E-state index contributed by atoms with van der Waals surface area (Å²) in [5.41, 5.74) is -1.40. The molecule has 0 aliphatic carbocycles. The van der Waals surface area contributed by atoms with Crippen molar-refractivity contribution in [1.29, 1.82) is 10.5 Å². The number of nitrogens with zero attached hydrogens (tertiary/aromatic N) is 3. The molecule has 0 aromatic rings. The average Bonchev–Trinajstić information content (AvgIpc) is 2.32. The summed E-state index contributed by atoms with van der Waals surface area (Å²) in [5, 5.41) is 36.7. The third kappa shape index (κ3) is 5.26. The van der Waals surface area contributed by atoms with Crippen molar-refractivity contribution in [1.82, 2.24) is 0 Å². The van der Waals surface area contributed by atoms with E-state index < -0.39 is 16.4 Å². The van der Waals surface area contributed by atoms with Crippen LogP contribution in [0.1, 0.15) is 44.9 Å². The first-order valence-electron chi connectivity index (χ1n) is 5.59. The first-order valence-corrected chi connectivity index (χ1v) is 5.59. The molecule has 0 spiro atoms. The highest BCUT2D eigenvalue weighted by Crippen LogP contribution is 2.29. The number of aliphatic carboxylic acids is 1. The molecule has 0 fully saturated rings. The number of carboxylic acids is 1. The highest BCUT2D eigenvalue weighted by atomic mass is 16.6. The summed E-state index contributed by atoms with van der Waals surface area (Å²) in [6, 6.07) is 3.74. The van der Waals surface area contributed by atoms with Gasteiger partial charge >= 0.3 is 5.97 Å². The van der Waals surface area contributed by atoms with Gasteiger partial charge in [-0.3, -0.25) is 14.9 Å². The highest BCUT2D eigenvalue weighted by molar-refractivity contribution is 5.66. The van der Waals surface area contributed by atoms with Gasteiger partial charge in [0.25, 0.3) is 0 Å². The van der Waals surface area contributed by atoms with Crippen molar-refractivity contribution in [3.63, 3.8) is 0 Å². The fraction of sp³-hybridized carbons (Fsp3) is 0.727. The van der Waals surface area contributed by atoms with E-state index >= 15 is 0 Å². The Hall–Kier alpha value is -2.15. The molecule has 0 radical (unpaired) electrons. The zero-order valence-electron chi connectivity index (χ0n) is 9.96. The molecule has 1 atom stereocenters. The minimum absolute atomic E-state index is 0.00710. The number of carboxylic acid groups (broad SMARTS) is 1. The summed E-state index contributed by atoms with van der Waals surface area (Å²) in [6.07, 6.45) is 0.268. The highest BCUT2D eigenvalue weighted by Gasteiger charge is 2.41. The van der Waals surface area contributed by atoms with E-state index in [0.29, 0.717) is 6.42 Å². The molecular formula is C11H15N3O4. The monoisotopic (exact) mass is 253 g/mol. The topological polar surface area (TPSA) is 128 Å². The van der Waals surface area contributed by atoms with Gasteiger partial charge in [0.15, 0.2) is 0 Å². The van der Waals surface area contributed by atoms with Crippen LogP contribution in [0, 0.1) is 32.8 Å². The second-order valence-corrected chi connectivity index (χ2v) is 4.04. The summed E-state index contributed by atoms with van der Waals surface area (Å²) >= 11 is 0. The van der Waals surface area contributed by atoms with Crippen molar-refractivity contribution in [3.8, 4) is 12.1 Å². The SMILES string of the molecule is N#CCCCC(CCC#N)(CCC(=O)O)[N+](=O)[O-]. The maximum absolute atomic E-state index is 11.2. The van der Waals surface area contributed by atoms with E-state index in [9.17, 15) is 14.9 Å². The Morgan fingerprint density at radius 1 is 1.22 bits per heavy atom. The largest absolute Gasteiger partial charge is 0.481 e. The van der Waals surface area contributed by atoms with Gasteiger partial charge in [-0.2, -0.15) is 10.5 Å². The molecule has 98 valence electrons. The minimum atomic E-state index is -1.40. The van der Waals surface area contributed by atoms with E-state index in [4.69, 9.17) is 15.6 Å². The van der Waals surface area contributed by atoms with Crippen LogP contribution in [0.25, 0.3) is 0 Å². The normalized spacial score (nSPS) is 13.0. The molecule has 0 aliphatic rings. The molecular weight excluding hydrogens is 238 g/mol. The number of hydrogen-bond donors (Lipinski definition) is 1. The lowest BCUT2D eigenvalue weighted by Gasteiger charge is -2.23. The Bertz CT molecular complexity index is 383. The van der Waals surface area contributed by atoms with Crippen molar-refractivity contribution >= 4 is 5.97 Å². The fourth-order valence-electron chi connectivity index (χ4n) is 1.77. The lowest BCUT2D eigenvalue weighted by Crippen LogP contribution is -2.39. The van der Waals surface area contributed by atoms with Crippen LogP contribution in [0.2, 0.25) is 0 Å². The smallest absolute Gasteiger partial charge is 0.303 e. The second kappa shape index (κ2) is 8.02. The Balaban J connectivity index is 4.79. The van der Waals surface area contributed by atoms with Crippen LogP contribution in [0.3, 0.4) is 0 Å². The van der Waals surface area contributed by atoms with Gasteiger partial charge in [0, 0.05) is 37.0 Å². The Kier molecular flexibility index (Phi) is 7.06. The van der Waals surface area contributed by atoms with Gasteiger partial charge in [-0.25, -0.2) is 0 Å². The van der Waals surface area contributed by atoms with E-state index in [-0.39, 0.29) is 38.5 Å². The van der Waals surface area contributed by atoms with E-state index in [1.54, 1.807) is 0 Å². The molecule has 0 amide bonds. The van der Waals surface area contributed by atoms with Crippen molar-refractivity contribution in [2.75, 3.05) is 0 Å². The maximum Gasteiger partial charge on any atom is 0.303 e. The molecule has 0 saturated carbocycles. The predicted octanol–water partition coefficient (Wildman–Crippen LogP) is 1.86. The van der Waals surface area contributed by atoms with Crippen LogP contribution < -0.4 is 0 Å². The number of hydrogen-bond acceptors (Lipinski definition) is 5. The molecule has 18 heavy (non-hydrogen) atoms.